The first-order chi connectivity index (χ1) is 14.5. The quantitative estimate of drug-likeness (QED) is 0.520. The first-order valence-electron chi connectivity index (χ1n) is 10.3. The molecule has 1 amide bonds. The summed E-state index contributed by atoms with van der Waals surface area (Å²) < 4.78 is 5.41. The number of hydrogen-bond donors (Lipinski definition) is 1. The molecule has 4 nitrogen and oxygen atoms in total. The molecule has 0 aliphatic heterocycles. The third-order valence-corrected chi connectivity index (χ3v) is 5.13. The monoisotopic (exact) mass is 401 g/mol. The molecular formula is C26H27NO3. The molecule has 3 rings (SSSR count). The molecule has 0 aliphatic rings. The largest absolute Gasteiger partial charge is 0.449 e. The zero-order valence-corrected chi connectivity index (χ0v) is 17.6. The fourth-order valence-corrected chi connectivity index (χ4v) is 3.34. The Morgan fingerprint density at radius 1 is 0.800 bits per heavy atom. The van der Waals surface area contributed by atoms with E-state index in [4.69, 9.17) is 4.74 Å². The highest BCUT2D eigenvalue weighted by Crippen LogP contribution is 2.23. The van der Waals surface area contributed by atoms with E-state index in [9.17, 15) is 9.59 Å². The standard InChI is InChI=1S/C26H27NO3/c1-4-19-12-9-13-20(5-2)24(19)27-25(28)18(3)30-26(29)23-16-14-22(15-17-23)21-10-7-6-8-11-21/h6-18H,4-5H2,1-3H3,(H,27,28)/t18-/m0/s1. The molecule has 0 spiro atoms. The maximum atomic E-state index is 12.7. The van der Waals surface area contributed by atoms with Gasteiger partial charge in [0.2, 0.25) is 0 Å². The lowest BCUT2D eigenvalue weighted by molar-refractivity contribution is -0.123. The van der Waals surface area contributed by atoms with Crippen molar-refractivity contribution in [1.82, 2.24) is 0 Å². The molecule has 3 aromatic rings. The maximum Gasteiger partial charge on any atom is 0.338 e. The van der Waals surface area contributed by atoms with Gasteiger partial charge >= 0.3 is 5.97 Å². The molecule has 0 fully saturated rings. The third-order valence-electron chi connectivity index (χ3n) is 5.13. The summed E-state index contributed by atoms with van der Waals surface area (Å²) in [4.78, 5) is 25.2. The third kappa shape index (κ3) is 4.95. The van der Waals surface area contributed by atoms with E-state index in [-0.39, 0.29) is 5.91 Å². The van der Waals surface area contributed by atoms with Crippen LogP contribution in [0.3, 0.4) is 0 Å². The van der Waals surface area contributed by atoms with Crippen LogP contribution in [0, 0.1) is 0 Å². The average molecular weight is 402 g/mol. The van der Waals surface area contributed by atoms with Crippen LogP contribution in [-0.4, -0.2) is 18.0 Å². The summed E-state index contributed by atoms with van der Waals surface area (Å²) in [6.45, 7) is 5.69. The summed E-state index contributed by atoms with van der Waals surface area (Å²) in [6, 6.07) is 23.1. The van der Waals surface area contributed by atoms with Crippen molar-refractivity contribution in [2.45, 2.75) is 39.7 Å². The van der Waals surface area contributed by atoms with Crippen LogP contribution in [0.4, 0.5) is 5.69 Å². The number of rotatable bonds is 7. The Hall–Kier alpha value is -3.40. The number of anilines is 1. The van der Waals surface area contributed by atoms with Crippen LogP contribution in [0.15, 0.2) is 72.8 Å². The lowest BCUT2D eigenvalue weighted by Gasteiger charge is -2.18. The van der Waals surface area contributed by atoms with Gasteiger partial charge in [0.15, 0.2) is 6.10 Å². The van der Waals surface area contributed by atoms with Gasteiger partial charge in [0.1, 0.15) is 0 Å². The molecule has 0 heterocycles. The van der Waals surface area contributed by atoms with Crippen molar-refractivity contribution in [3.63, 3.8) is 0 Å². The van der Waals surface area contributed by atoms with Crippen molar-refractivity contribution in [2.75, 3.05) is 5.32 Å². The van der Waals surface area contributed by atoms with Gasteiger partial charge in [-0.15, -0.1) is 0 Å². The average Bonchev–Trinajstić information content (AvgIpc) is 2.79. The molecule has 0 unspecified atom stereocenters. The van der Waals surface area contributed by atoms with Crippen molar-refractivity contribution < 1.29 is 14.3 Å². The zero-order chi connectivity index (χ0) is 21.5. The van der Waals surface area contributed by atoms with Gasteiger partial charge in [-0.25, -0.2) is 4.79 Å². The number of para-hydroxylation sites is 1. The number of amides is 1. The van der Waals surface area contributed by atoms with Crippen LogP contribution >= 0.6 is 0 Å². The predicted molar refractivity (Wildman–Crippen MR) is 121 cm³/mol. The fourth-order valence-electron chi connectivity index (χ4n) is 3.34. The molecule has 0 bridgehead atoms. The first-order valence-corrected chi connectivity index (χ1v) is 10.3. The number of carbonyl (C=O) groups excluding carboxylic acids is 2. The van der Waals surface area contributed by atoms with E-state index in [2.05, 4.69) is 5.32 Å². The molecule has 0 saturated carbocycles. The summed E-state index contributed by atoms with van der Waals surface area (Å²) >= 11 is 0. The molecule has 0 aliphatic carbocycles. The van der Waals surface area contributed by atoms with E-state index in [1.54, 1.807) is 19.1 Å². The number of benzene rings is 3. The van der Waals surface area contributed by atoms with Crippen LogP contribution in [0.25, 0.3) is 11.1 Å². The summed E-state index contributed by atoms with van der Waals surface area (Å²) in [7, 11) is 0. The van der Waals surface area contributed by atoms with Crippen molar-refractivity contribution in [2.24, 2.45) is 0 Å². The van der Waals surface area contributed by atoms with E-state index in [0.717, 1.165) is 40.8 Å². The van der Waals surface area contributed by atoms with Gasteiger partial charge in [-0.1, -0.05) is 74.5 Å². The van der Waals surface area contributed by atoms with Gasteiger partial charge in [0.05, 0.1) is 5.56 Å². The zero-order valence-electron chi connectivity index (χ0n) is 17.6. The van der Waals surface area contributed by atoms with E-state index >= 15 is 0 Å². The molecule has 1 N–H and O–H groups in total. The van der Waals surface area contributed by atoms with Crippen molar-refractivity contribution in [3.8, 4) is 11.1 Å². The summed E-state index contributed by atoms with van der Waals surface area (Å²) in [5.74, 6) is -0.850. The number of aryl methyl sites for hydroxylation is 2. The maximum absolute atomic E-state index is 12.7. The van der Waals surface area contributed by atoms with E-state index in [1.807, 2.05) is 74.5 Å². The summed E-state index contributed by atoms with van der Waals surface area (Å²) in [5, 5.41) is 2.95. The van der Waals surface area contributed by atoms with E-state index < -0.39 is 12.1 Å². The smallest absolute Gasteiger partial charge is 0.338 e. The lowest BCUT2D eigenvalue weighted by Crippen LogP contribution is -2.30. The second-order valence-electron chi connectivity index (χ2n) is 7.14. The van der Waals surface area contributed by atoms with E-state index in [1.165, 1.54) is 0 Å². The van der Waals surface area contributed by atoms with Gasteiger partial charge in [0.25, 0.3) is 5.91 Å². The van der Waals surface area contributed by atoms with Gasteiger partial charge < -0.3 is 10.1 Å². The number of hydrogen-bond acceptors (Lipinski definition) is 3. The number of carbonyl (C=O) groups is 2. The lowest BCUT2D eigenvalue weighted by atomic mass is 10.0. The van der Waals surface area contributed by atoms with Crippen LogP contribution in [0.5, 0.6) is 0 Å². The van der Waals surface area contributed by atoms with Gasteiger partial charge in [-0.05, 0) is 54.2 Å². The van der Waals surface area contributed by atoms with Crippen molar-refractivity contribution >= 4 is 17.6 Å². The van der Waals surface area contributed by atoms with Crippen LogP contribution in [0.2, 0.25) is 0 Å². The van der Waals surface area contributed by atoms with Gasteiger partial charge in [-0.2, -0.15) is 0 Å². The molecule has 1 atom stereocenters. The van der Waals surface area contributed by atoms with Crippen LogP contribution in [-0.2, 0) is 22.4 Å². The fraction of sp³-hybridized carbons (Fsp3) is 0.231. The second-order valence-corrected chi connectivity index (χ2v) is 7.14. The Labute approximate surface area is 177 Å². The highest BCUT2D eigenvalue weighted by atomic mass is 16.5. The Bertz CT molecular complexity index is 988. The van der Waals surface area contributed by atoms with Gasteiger partial charge in [-0.3, -0.25) is 4.79 Å². The van der Waals surface area contributed by atoms with Crippen molar-refractivity contribution in [1.29, 1.82) is 0 Å². The minimum absolute atomic E-state index is 0.333. The Morgan fingerprint density at radius 3 is 1.93 bits per heavy atom. The van der Waals surface area contributed by atoms with Crippen molar-refractivity contribution in [3.05, 3.63) is 89.5 Å². The van der Waals surface area contributed by atoms with Crippen LogP contribution in [0.1, 0.15) is 42.3 Å². The Morgan fingerprint density at radius 2 is 1.37 bits per heavy atom. The minimum atomic E-state index is -0.902. The SMILES string of the molecule is CCc1cccc(CC)c1NC(=O)[C@H](C)OC(=O)c1ccc(-c2ccccc2)cc1. The summed E-state index contributed by atoms with van der Waals surface area (Å²) in [5.41, 5.74) is 5.46. The first kappa shape index (κ1) is 21.3. The molecule has 0 radical (unpaired) electrons. The highest BCUT2D eigenvalue weighted by molar-refractivity contribution is 5.98. The molecular weight excluding hydrogens is 374 g/mol. The predicted octanol–water partition coefficient (Wildman–Crippen LogP) is 5.66. The molecule has 4 heteroatoms. The summed E-state index contributed by atoms with van der Waals surface area (Å²) in [6.07, 6.45) is 0.720. The second kappa shape index (κ2) is 9.88. The van der Waals surface area contributed by atoms with E-state index in [0.29, 0.717) is 5.56 Å². The van der Waals surface area contributed by atoms with Crippen LogP contribution < -0.4 is 5.32 Å². The molecule has 0 saturated heterocycles. The number of ether oxygens (including phenoxy) is 1. The molecule has 30 heavy (non-hydrogen) atoms. The Balaban J connectivity index is 1.66. The normalized spacial score (nSPS) is 11.6. The number of nitrogens with one attached hydrogen (secondary N) is 1. The minimum Gasteiger partial charge on any atom is -0.449 e. The highest BCUT2D eigenvalue weighted by Gasteiger charge is 2.20. The topological polar surface area (TPSA) is 55.4 Å². The Kier molecular flexibility index (Phi) is 7.02. The van der Waals surface area contributed by atoms with Gasteiger partial charge in [0, 0.05) is 5.69 Å². The molecule has 154 valence electrons. The molecule has 0 aromatic heterocycles. The molecule has 3 aromatic carbocycles. The number of esters is 1.